The van der Waals surface area contributed by atoms with Crippen LogP contribution in [0.25, 0.3) is 0 Å². The molecule has 2 unspecified atom stereocenters. The Labute approximate surface area is 353 Å². The van der Waals surface area contributed by atoms with Gasteiger partial charge in [0.15, 0.2) is 11.5 Å². The van der Waals surface area contributed by atoms with Gasteiger partial charge in [-0.25, -0.2) is 0 Å². The maximum atomic E-state index is 12.8. The SMILES string of the molecule is COc1cc2c(cc1OC)CC(C(=O)N[C@@H](CO)C(=O)N[C@@H](CC(C)C)B(O)O)CC2.COc1ccc2c(c1)CCC(C(=O)N[C@@H](CO)C(=O)N[C@@H](CC(C)C)B(O)O)C2. The largest absolute Gasteiger partial charge is 0.497 e. The Morgan fingerprint density at radius 2 is 1.03 bits per heavy atom. The number of carbonyl (C=O) groups excluding carboxylic acids is 4. The van der Waals surface area contributed by atoms with Gasteiger partial charge in [-0.1, -0.05) is 33.8 Å². The number of amides is 4. The normalized spacial score (nSPS) is 17.6. The Kier molecular flexibility index (Phi) is 20.1. The highest BCUT2D eigenvalue weighted by molar-refractivity contribution is 6.44. The number of benzene rings is 2. The summed E-state index contributed by atoms with van der Waals surface area (Å²) in [6.07, 6.45) is 4.38. The van der Waals surface area contributed by atoms with Gasteiger partial charge in [-0.15, -0.1) is 0 Å². The minimum atomic E-state index is -1.73. The topological polar surface area (TPSA) is 265 Å². The highest BCUT2D eigenvalue weighted by Gasteiger charge is 2.34. The molecule has 0 aliphatic heterocycles. The monoisotopic (exact) mass is 842 g/mol. The predicted octanol–water partition coefficient (Wildman–Crippen LogP) is -0.351. The maximum Gasteiger partial charge on any atom is 0.475 e. The molecule has 2 aromatic rings. The van der Waals surface area contributed by atoms with Crippen molar-refractivity contribution in [3.8, 4) is 17.2 Å². The summed E-state index contributed by atoms with van der Waals surface area (Å²) in [5, 5.41) is 67.3. The molecule has 2 aliphatic carbocycles. The van der Waals surface area contributed by atoms with Crippen LogP contribution in [0.15, 0.2) is 30.3 Å². The van der Waals surface area contributed by atoms with Crippen LogP contribution in [-0.4, -0.2) is 127 Å². The number of fused-ring (bicyclic) bond motifs is 2. The fourth-order valence-corrected chi connectivity index (χ4v) is 7.45. The molecule has 17 nitrogen and oxygen atoms in total. The van der Waals surface area contributed by atoms with E-state index in [-0.39, 0.29) is 35.5 Å². The number of methoxy groups -OCH3 is 3. The van der Waals surface area contributed by atoms with E-state index in [9.17, 15) is 49.5 Å². The molecule has 0 heterocycles. The summed E-state index contributed by atoms with van der Waals surface area (Å²) in [5.41, 5.74) is 4.29. The summed E-state index contributed by atoms with van der Waals surface area (Å²) >= 11 is 0. The number of aryl methyl sites for hydroxylation is 2. The first kappa shape index (κ1) is 50.0. The molecule has 10 N–H and O–H groups in total. The fraction of sp³-hybridized carbons (Fsp3) is 0.610. The van der Waals surface area contributed by atoms with Crippen molar-refractivity contribution in [2.45, 2.75) is 103 Å². The minimum absolute atomic E-state index is 0.118. The average molecular weight is 843 g/mol. The molecule has 0 bridgehead atoms. The van der Waals surface area contributed by atoms with Crippen molar-refractivity contribution in [1.29, 1.82) is 0 Å². The zero-order chi connectivity index (χ0) is 44.7. The fourth-order valence-electron chi connectivity index (χ4n) is 7.45. The van der Waals surface area contributed by atoms with Crippen molar-refractivity contribution in [2.75, 3.05) is 34.5 Å². The van der Waals surface area contributed by atoms with Crippen LogP contribution in [0.5, 0.6) is 17.2 Å². The summed E-state index contributed by atoms with van der Waals surface area (Å²) < 4.78 is 15.9. The summed E-state index contributed by atoms with van der Waals surface area (Å²) in [6.45, 7) is 6.39. The molecule has 4 amide bonds. The lowest BCUT2D eigenvalue weighted by Crippen LogP contribution is -2.56. The summed E-state index contributed by atoms with van der Waals surface area (Å²) in [4.78, 5) is 50.4. The number of rotatable bonds is 19. The zero-order valence-electron chi connectivity index (χ0n) is 35.8. The van der Waals surface area contributed by atoms with Crippen LogP contribution in [-0.2, 0) is 44.9 Å². The number of aliphatic hydroxyl groups is 2. The van der Waals surface area contributed by atoms with Crippen molar-refractivity contribution in [1.82, 2.24) is 21.3 Å². The molecule has 0 radical (unpaired) electrons. The van der Waals surface area contributed by atoms with Crippen molar-refractivity contribution >= 4 is 37.9 Å². The van der Waals surface area contributed by atoms with Crippen LogP contribution in [0, 0.1) is 23.7 Å². The number of hydrogen-bond donors (Lipinski definition) is 10. The van der Waals surface area contributed by atoms with E-state index in [2.05, 4.69) is 21.3 Å². The lowest BCUT2D eigenvalue weighted by atomic mass is 9.75. The number of hydrogen-bond acceptors (Lipinski definition) is 13. The summed E-state index contributed by atoms with van der Waals surface area (Å²) in [6, 6.07) is 7.24. The Bertz CT molecular complexity index is 1730. The molecule has 6 atom stereocenters. The lowest BCUT2D eigenvalue weighted by Gasteiger charge is -2.27. The lowest BCUT2D eigenvalue weighted by molar-refractivity contribution is -0.132. The van der Waals surface area contributed by atoms with Crippen molar-refractivity contribution < 1.29 is 63.7 Å². The van der Waals surface area contributed by atoms with Gasteiger partial charge in [0.25, 0.3) is 0 Å². The standard InChI is InChI=1S/C21H33BN2O7.C20H31BN2O6/c1-12(2)7-19(22(28)29)24-21(27)16(11-25)23-20(26)14-6-5-13-9-17(30-3)18(31-4)10-15(13)8-14;1-12(2)8-18(21(27)28)23-20(26)17(11-24)22-19(25)15-5-4-14-10-16(29-3)7-6-13(14)9-15/h9-10,12,14,16,19,25,28-29H,5-8,11H2,1-4H3,(H,23,26)(H,24,27);6-7,10,12,15,17-18,24,27-28H,4-5,8-9,11H2,1-3H3,(H,22,25)(H,23,26)/t14?,16-,19-;15?,17-,18-/m00/s1. The van der Waals surface area contributed by atoms with Gasteiger partial charge in [-0.3, -0.25) is 19.2 Å². The Morgan fingerprint density at radius 3 is 1.42 bits per heavy atom. The van der Waals surface area contributed by atoms with Crippen molar-refractivity contribution in [3.05, 3.63) is 52.6 Å². The maximum absolute atomic E-state index is 12.8. The number of nitrogens with one attached hydrogen (secondary N) is 4. The Morgan fingerprint density at radius 1 is 0.617 bits per heavy atom. The van der Waals surface area contributed by atoms with Crippen LogP contribution in [0.4, 0.5) is 0 Å². The Hall–Kier alpha value is -4.39. The first-order valence-corrected chi connectivity index (χ1v) is 20.5. The first-order valence-electron chi connectivity index (χ1n) is 20.5. The summed E-state index contributed by atoms with van der Waals surface area (Å²) in [7, 11) is 1.29. The van der Waals surface area contributed by atoms with Crippen LogP contribution < -0.4 is 35.5 Å². The quantitative estimate of drug-likeness (QED) is 0.0813. The van der Waals surface area contributed by atoms with Gasteiger partial charge in [0.2, 0.25) is 23.6 Å². The molecule has 332 valence electrons. The smallest absolute Gasteiger partial charge is 0.475 e. The molecule has 0 saturated carbocycles. The van der Waals surface area contributed by atoms with Crippen LogP contribution in [0.2, 0.25) is 0 Å². The second kappa shape index (κ2) is 24.2. The summed E-state index contributed by atoms with van der Waals surface area (Å²) in [5.74, 6) is -2.08. The molecular formula is C41H64B2N4O13. The van der Waals surface area contributed by atoms with Gasteiger partial charge in [-0.05, 0) is 110 Å². The second-order valence-corrected chi connectivity index (χ2v) is 16.3. The van der Waals surface area contributed by atoms with E-state index >= 15 is 0 Å². The van der Waals surface area contributed by atoms with E-state index in [0.29, 0.717) is 56.4 Å². The van der Waals surface area contributed by atoms with Gasteiger partial charge in [0, 0.05) is 11.8 Å². The van der Waals surface area contributed by atoms with Gasteiger partial charge < -0.3 is 65.8 Å². The van der Waals surface area contributed by atoms with E-state index in [1.165, 1.54) is 0 Å². The van der Waals surface area contributed by atoms with Crippen LogP contribution in [0.1, 0.15) is 75.6 Å². The molecule has 0 spiro atoms. The third kappa shape index (κ3) is 14.7. The Balaban J connectivity index is 0.000000321. The minimum Gasteiger partial charge on any atom is -0.497 e. The van der Waals surface area contributed by atoms with E-state index in [1.807, 2.05) is 58.0 Å². The van der Waals surface area contributed by atoms with Gasteiger partial charge in [0.1, 0.15) is 17.8 Å². The second-order valence-electron chi connectivity index (χ2n) is 16.3. The van der Waals surface area contributed by atoms with E-state index in [0.717, 1.165) is 34.4 Å². The first-order chi connectivity index (χ1) is 28.4. The number of ether oxygens (including phenoxy) is 3. The number of aliphatic hydroxyl groups excluding tert-OH is 2. The highest BCUT2D eigenvalue weighted by Crippen LogP contribution is 2.36. The molecular weight excluding hydrogens is 778 g/mol. The molecule has 60 heavy (non-hydrogen) atoms. The third-order valence-electron chi connectivity index (χ3n) is 10.8. The highest BCUT2D eigenvalue weighted by atomic mass is 16.5. The van der Waals surface area contributed by atoms with Gasteiger partial charge >= 0.3 is 14.2 Å². The molecule has 19 heteroatoms. The molecule has 0 saturated heterocycles. The van der Waals surface area contributed by atoms with Crippen LogP contribution in [0.3, 0.4) is 0 Å². The zero-order valence-corrected chi connectivity index (χ0v) is 35.8. The van der Waals surface area contributed by atoms with Gasteiger partial charge in [-0.2, -0.15) is 0 Å². The average Bonchev–Trinajstić information content (AvgIpc) is 3.22. The molecule has 0 fully saturated rings. The van der Waals surface area contributed by atoms with Crippen molar-refractivity contribution in [3.63, 3.8) is 0 Å². The van der Waals surface area contributed by atoms with E-state index in [4.69, 9.17) is 14.2 Å². The van der Waals surface area contributed by atoms with Crippen molar-refractivity contribution in [2.24, 2.45) is 23.7 Å². The molecule has 0 aromatic heterocycles. The predicted molar refractivity (Wildman–Crippen MR) is 225 cm³/mol. The molecule has 4 rings (SSSR count). The molecule has 2 aliphatic rings. The van der Waals surface area contributed by atoms with E-state index in [1.54, 1.807) is 21.3 Å². The molecule has 2 aromatic carbocycles. The van der Waals surface area contributed by atoms with Gasteiger partial charge in [0.05, 0.1) is 46.4 Å². The number of carbonyl (C=O) groups is 4. The van der Waals surface area contributed by atoms with Crippen LogP contribution >= 0.6 is 0 Å². The third-order valence-corrected chi connectivity index (χ3v) is 10.8. The van der Waals surface area contributed by atoms with E-state index < -0.39 is 63.2 Å².